The number of anilines is 1. The zero-order valence-corrected chi connectivity index (χ0v) is 18.9. The average Bonchev–Trinajstić information content (AvgIpc) is 3.15. The topological polar surface area (TPSA) is 114 Å². The Morgan fingerprint density at radius 2 is 1.77 bits per heavy atom. The summed E-state index contributed by atoms with van der Waals surface area (Å²) in [4.78, 5) is 13.3. The molecule has 0 bridgehead atoms. The largest absolute Gasteiger partial charge is 0.506 e. The minimum absolute atomic E-state index is 0.0642. The van der Waals surface area contributed by atoms with Crippen molar-refractivity contribution in [1.82, 2.24) is 4.57 Å². The minimum Gasteiger partial charge on any atom is -0.506 e. The first-order valence-electron chi connectivity index (χ1n) is 10.9. The second-order valence-electron chi connectivity index (χ2n) is 8.01. The van der Waals surface area contributed by atoms with Crippen LogP contribution in [0.5, 0.6) is 11.5 Å². The Labute approximate surface area is 200 Å². The molecule has 3 aromatic carbocycles. The number of methoxy groups -OCH3 is 1. The van der Waals surface area contributed by atoms with E-state index in [-0.39, 0.29) is 34.8 Å². The van der Waals surface area contributed by atoms with Crippen LogP contribution in [-0.2, 0) is 6.54 Å². The van der Waals surface area contributed by atoms with E-state index in [4.69, 9.17) is 14.9 Å². The van der Waals surface area contributed by atoms with Crippen LogP contribution in [-0.4, -0.2) is 16.8 Å². The summed E-state index contributed by atoms with van der Waals surface area (Å²) in [7, 11) is 1.55. The highest BCUT2D eigenvalue weighted by molar-refractivity contribution is 5.97. The van der Waals surface area contributed by atoms with Crippen molar-refractivity contribution < 1.29 is 14.3 Å². The Balaban J connectivity index is 1.91. The molecule has 0 aliphatic heterocycles. The summed E-state index contributed by atoms with van der Waals surface area (Å²) in [5.41, 5.74) is 8.40. The molecule has 3 N–H and O–H groups in total. The maximum absolute atomic E-state index is 13.3. The quantitative estimate of drug-likeness (QED) is 0.349. The molecule has 172 valence electrons. The van der Waals surface area contributed by atoms with Crippen LogP contribution in [0.25, 0.3) is 33.4 Å². The highest BCUT2D eigenvalue weighted by Gasteiger charge is 2.29. The van der Waals surface area contributed by atoms with Gasteiger partial charge in [0, 0.05) is 12.1 Å². The second kappa shape index (κ2) is 8.76. The highest BCUT2D eigenvalue weighted by Crippen LogP contribution is 2.44. The normalized spacial score (nSPS) is 10.9. The van der Waals surface area contributed by atoms with Crippen molar-refractivity contribution in [1.29, 1.82) is 5.26 Å². The monoisotopic (exact) mass is 463 g/mol. The summed E-state index contributed by atoms with van der Waals surface area (Å²) in [5, 5.41) is 21.8. The fourth-order valence-corrected chi connectivity index (χ4v) is 4.34. The molecule has 35 heavy (non-hydrogen) atoms. The first-order chi connectivity index (χ1) is 17.0. The van der Waals surface area contributed by atoms with Crippen LogP contribution in [0.3, 0.4) is 0 Å². The van der Waals surface area contributed by atoms with E-state index >= 15 is 0 Å². The fraction of sp³-hybridized carbons (Fsp3) is 0.0714. The molecule has 0 spiro atoms. The number of ether oxygens (including phenoxy) is 1. The zero-order valence-electron chi connectivity index (χ0n) is 18.9. The number of rotatable bonds is 5. The number of aromatic hydroxyl groups is 1. The Morgan fingerprint density at radius 1 is 1.03 bits per heavy atom. The SMILES string of the molecule is COc1cccc(-c2c(C#N)c(N)n(Cc3ccccc3)c2-c2c(O)c3ccccc3oc2=O)c1. The van der Waals surface area contributed by atoms with E-state index in [2.05, 4.69) is 6.07 Å². The number of hydrogen-bond donors (Lipinski definition) is 2. The number of hydrogen-bond acceptors (Lipinski definition) is 6. The first-order valence-corrected chi connectivity index (χ1v) is 10.9. The Morgan fingerprint density at radius 3 is 2.51 bits per heavy atom. The van der Waals surface area contributed by atoms with Crippen LogP contribution in [0.2, 0.25) is 0 Å². The third-order valence-electron chi connectivity index (χ3n) is 5.98. The lowest BCUT2D eigenvalue weighted by Gasteiger charge is -2.15. The van der Waals surface area contributed by atoms with Gasteiger partial charge in [-0.1, -0.05) is 54.6 Å². The molecule has 0 fully saturated rings. The summed E-state index contributed by atoms with van der Waals surface area (Å²) in [6.45, 7) is 0.270. The molecule has 0 radical (unpaired) electrons. The van der Waals surface area contributed by atoms with Crippen molar-refractivity contribution in [2.75, 3.05) is 12.8 Å². The van der Waals surface area contributed by atoms with Gasteiger partial charge in [0.05, 0.1) is 18.2 Å². The van der Waals surface area contributed by atoms with Gasteiger partial charge in [-0.25, -0.2) is 4.79 Å². The summed E-state index contributed by atoms with van der Waals surface area (Å²) in [6, 6.07) is 25.6. The predicted molar refractivity (Wildman–Crippen MR) is 134 cm³/mol. The van der Waals surface area contributed by atoms with Gasteiger partial charge in [-0.05, 0) is 35.4 Å². The zero-order chi connectivity index (χ0) is 24.5. The Kier molecular flexibility index (Phi) is 5.47. The van der Waals surface area contributed by atoms with Gasteiger partial charge in [0.25, 0.3) is 0 Å². The molecular formula is C28H21N3O4. The van der Waals surface area contributed by atoms with E-state index in [1.165, 1.54) is 0 Å². The van der Waals surface area contributed by atoms with Crippen LogP contribution in [0.15, 0.2) is 88.1 Å². The highest BCUT2D eigenvalue weighted by atomic mass is 16.5. The van der Waals surface area contributed by atoms with Crippen LogP contribution >= 0.6 is 0 Å². The van der Waals surface area contributed by atoms with E-state index in [9.17, 15) is 15.2 Å². The van der Waals surface area contributed by atoms with Crippen LogP contribution in [0.4, 0.5) is 5.82 Å². The van der Waals surface area contributed by atoms with Crippen molar-refractivity contribution in [2.45, 2.75) is 6.54 Å². The first kappa shape index (κ1) is 21.9. The molecule has 0 amide bonds. The maximum atomic E-state index is 13.3. The molecule has 7 heteroatoms. The molecule has 0 unspecified atom stereocenters. The number of nitrogen functional groups attached to an aromatic ring is 1. The average molecular weight is 463 g/mol. The van der Waals surface area contributed by atoms with Crippen LogP contribution in [0, 0.1) is 11.3 Å². The number of benzene rings is 3. The molecule has 0 saturated heterocycles. The molecule has 0 atom stereocenters. The van der Waals surface area contributed by atoms with Crippen molar-refractivity contribution in [3.8, 4) is 40.0 Å². The molecule has 7 nitrogen and oxygen atoms in total. The van der Waals surface area contributed by atoms with E-state index < -0.39 is 5.63 Å². The van der Waals surface area contributed by atoms with Gasteiger partial charge in [0.1, 0.15) is 40.1 Å². The minimum atomic E-state index is -0.735. The molecule has 5 aromatic rings. The van der Waals surface area contributed by atoms with Crippen molar-refractivity contribution in [2.24, 2.45) is 0 Å². The lowest BCUT2D eigenvalue weighted by atomic mass is 9.97. The van der Waals surface area contributed by atoms with Crippen LogP contribution in [0.1, 0.15) is 11.1 Å². The molecule has 0 aliphatic rings. The van der Waals surface area contributed by atoms with Gasteiger partial charge in [-0.15, -0.1) is 0 Å². The van der Waals surface area contributed by atoms with Gasteiger partial charge in [-0.2, -0.15) is 5.26 Å². The maximum Gasteiger partial charge on any atom is 0.349 e. The fourth-order valence-electron chi connectivity index (χ4n) is 4.34. The Bertz CT molecular complexity index is 1660. The third-order valence-corrected chi connectivity index (χ3v) is 5.98. The standard InChI is InChI=1S/C28H21N3O4/c1-34-19-11-7-10-18(14-19)23-21(15-29)27(30)31(16-17-8-3-2-4-9-17)25(23)24-26(32)20-12-5-6-13-22(20)35-28(24)33/h2-14,32H,16,30H2,1H3. The second-order valence-corrected chi connectivity index (χ2v) is 8.01. The molecule has 0 saturated carbocycles. The number of nitrogens with zero attached hydrogens (tertiary/aromatic N) is 2. The number of fused-ring (bicyclic) bond motifs is 1. The summed E-state index contributed by atoms with van der Waals surface area (Å²) >= 11 is 0. The predicted octanol–water partition coefficient (Wildman–Crippen LogP) is 5.14. The van der Waals surface area contributed by atoms with Crippen LogP contribution < -0.4 is 16.1 Å². The van der Waals surface area contributed by atoms with Crippen molar-refractivity contribution in [3.05, 3.63) is 100 Å². The smallest absolute Gasteiger partial charge is 0.349 e. The summed E-state index contributed by atoms with van der Waals surface area (Å²) in [5.74, 6) is 0.509. The number of para-hydroxylation sites is 1. The van der Waals surface area contributed by atoms with Gasteiger partial charge in [0.15, 0.2) is 0 Å². The molecule has 5 rings (SSSR count). The molecule has 2 heterocycles. The number of nitriles is 1. The van der Waals surface area contributed by atoms with Crippen molar-refractivity contribution >= 4 is 16.8 Å². The summed E-state index contributed by atoms with van der Waals surface area (Å²) < 4.78 is 12.6. The molecule has 2 aromatic heterocycles. The van der Waals surface area contributed by atoms with E-state index in [0.717, 1.165) is 5.56 Å². The van der Waals surface area contributed by atoms with E-state index in [1.54, 1.807) is 60.2 Å². The molecule has 0 aliphatic carbocycles. The third kappa shape index (κ3) is 3.67. The van der Waals surface area contributed by atoms with Gasteiger partial charge < -0.3 is 24.6 Å². The summed E-state index contributed by atoms with van der Waals surface area (Å²) in [6.07, 6.45) is 0. The lowest BCUT2D eigenvalue weighted by Crippen LogP contribution is -2.11. The lowest BCUT2D eigenvalue weighted by molar-refractivity contribution is 0.415. The Hall–Kier alpha value is -4.96. The number of nitrogens with two attached hydrogens (primary N) is 1. The molecular weight excluding hydrogens is 442 g/mol. The van der Waals surface area contributed by atoms with Crippen molar-refractivity contribution in [3.63, 3.8) is 0 Å². The van der Waals surface area contributed by atoms with Gasteiger partial charge in [-0.3, -0.25) is 0 Å². The number of aromatic nitrogens is 1. The van der Waals surface area contributed by atoms with E-state index in [1.807, 2.05) is 30.3 Å². The van der Waals surface area contributed by atoms with E-state index in [0.29, 0.717) is 28.0 Å². The van der Waals surface area contributed by atoms with Gasteiger partial charge >= 0.3 is 5.63 Å². The van der Waals surface area contributed by atoms with Gasteiger partial charge in [0.2, 0.25) is 0 Å².